The number of halogens is 1. The van der Waals surface area contributed by atoms with E-state index in [9.17, 15) is 9.18 Å². The summed E-state index contributed by atoms with van der Waals surface area (Å²) >= 11 is 0. The molecule has 0 aromatic heterocycles. The number of carbonyl (C=O) groups excluding carboxylic acids is 1. The van der Waals surface area contributed by atoms with Crippen LogP contribution in [0, 0.1) is 5.82 Å². The molecule has 1 aliphatic heterocycles. The van der Waals surface area contributed by atoms with Gasteiger partial charge in [0.2, 0.25) is 0 Å². The highest BCUT2D eigenvalue weighted by molar-refractivity contribution is 5.95. The predicted molar refractivity (Wildman–Crippen MR) is 64.2 cm³/mol. The Labute approximate surface area is 99.6 Å². The fourth-order valence-electron chi connectivity index (χ4n) is 1.91. The molecule has 1 saturated heterocycles. The molecule has 0 aliphatic carbocycles. The fourth-order valence-corrected chi connectivity index (χ4v) is 1.91. The third-order valence-corrected chi connectivity index (χ3v) is 2.87. The fraction of sp³-hybridized carbons (Fsp3) is 0.417. The summed E-state index contributed by atoms with van der Waals surface area (Å²) in [6.45, 7) is 3.12. The predicted octanol–water partition coefficient (Wildman–Crippen LogP) is 0.843. The molecule has 0 radical (unpaired) electrons. The lowest BCUT2D eigenvalue weighted by atomic mass is 10.1. The van der Waals surface area contributed by atoms with Gasteiger partial charge in [-0.25, -0.2) is 4.39 Å². The maximum Gasteiger partial charge on any atom is 0.253 e. The SMILES string of the molecule is Nc1cc(C(=O)N2CCCNCC2)ccc1F. The molecule has 1 amide bonds. The molecule has 0 atom stereocenters. The second-order valence-electron chi connectivity index (χ2n) is 4.13. The Balaban J connectivity index is 2.14. The molecule has 17 heavy (non-hydrogen) atoms. The van der Waals surface area contributed by atoms with Crippen molar-refractivity contribution in [3.05, 3.63) is 29.6 Å². The van der Waals surface area contributed by atoms with Gasteiger partial charge in [0, 0.05) is 25.2 Å². The minimum absolute atomic E-state index is 0.0174. The molecular weight excluding hydrogens is 221 g/mol. The van der Waals surface area contributed by atoms with Gasteiger partial charge in [0.05, 0.1) is 5.69 Å². The first-order valence-electron chi connectivity index (χ1n) is 5.73. The second kappa shape index (κ2) is 5.14. The van der Waals surface area contributed by atoms with Crippen LogP contribution in [0.4, 0.5) is 10.1 Å². The summed E-state index contributed by atoms with van der Waals surface area (Å²) in [4.78, 5) is 13.9. The Morgan fingerprint density at radius 3 is 2.94 bits per heavy atom. The van der Waals surface area contributed by atoms with Gasteiger partial charge in [0.25, 0.3) is 5.91 Å². The van der Waals surface area contributed by atoms with Crippen LogP contribution < -0.4 is 11.1 Å². The maximum atomic E-state index is 13.0. The molecule has 0 saturated carbocycles. The Bertz CT molecular complexity index is 414. The highest BCUT2D eigenvalue weighted by atomic mass is 19.1. The van der Waals surface area contributed by atoms with Crippen LogP contribution in [0.5, 0.6) is 0 Å². The molecule has 0 spiro atoms. The molecule has 4 nitrogen and oxygen atoms in total. The van der Waals surface area contributed by atoms with Crippen molar-refractivity contribution in [1.82, 2.24) is 10.2 Å². The molecule has 1 heterocycles. The zero-order valence-electron chi connectivity index (χ0n) is 9.58. The van der Waals surface area contributed by atoms with Gasteiger partial charge in [-0.05, 0) is 31.2 Å². The van der Waals surface area contributed by atoms with Crippen LogP contribution in [-0.2, 0) is 0 Å². The van der Waals surface area contributed by atoms with Crippen molar-refractivity contribution in [2.75, 3.05) is 31.9 Å². The first-order valence-corrected chi connectivity index (χ1v) is 5.73. The number of benzene rings is 1. The molecular formula is C12H16FN3O. The average molecular weight is 237 g/mol. The van der Waals surface area contributed by atoms with Gasteiger partial charge in [-0.1, -0.05) is 0 Å². The van der Waals surface area contributed by atoms with Crippen molar-refractivity contribution in [1.29, 1.82) is 0 Å². The van der Waals surface area contributed by atoms with Crippen LogP contribution >= 0.6 is 0 Å². The number of carbonyl (C=O) groups is 1. The number of hydrogen-bond donors (Lipinski definition) is 2. The summed E-state index contributed by atoms with van der Waals surface area (Å²) in [6, 6.07) is 4.11. The van der Waals surface area contributed by atoms with Crippen molar-refractivity contribution >= 4 is 11.6 Å². The standard InChI is InChI=1S/C12H16FN3O/c13-10-3-2-9(8-11(10)14)12(17)16-6-1-4-15-5-7-16/h2-3,8,15H,1,4-7,14H2. The van der Waals surface area contributed by atoms with Crippen LogP contribution in [-0.4, -0.2) is 37.0 Å². The largest absolute Gasteiger partial charge is 0.396 e. The molecule has 0 unspecified atom stereocenters. The normalized spacial score (nSPS) is 16.6. The van der Waals surface area contributed by atoms with E-state index in [0.29, 0.717) is 12.1 Å². The van der Waals surface area contributed by atoms with Gasteiger partial charge < -0.3 is 16.0 Å². The van der Waals surface area contributed by atoms with E-state index >= 15 is 0 Å². The van der Waals surface area contributed by atoms with Crippen molar-refractivity contribution in [3.8, 4) is 0 Å². The minimum atomic E-state index is -0.487. The van der Waals surface area contributed by atoms with E-state index in [-0.39, 0.29) is 11.6 Å². The maximum absolute atomic E-state index is 13.0. The zero-order chi connectivity index (χ0) is 12.3. The number of nitrogens with two attached hydrogens (primary N) is 1. The summed E-state index contributed by atoms with van der Waals surface area (Å²) < 4.78 is 13.0. The van der Waals surface area contributed by atoms with Crippen LogP contribution in [0.1, 0.15) is 16.8 Å². The number of nitrogens with one attached hydrogen (secondary N) is 1. The zero-order valence-corrected chi connectivity index (χ0v) is 9.58. The van der Waals surface area contributed by atoms with Gasteiger partial charge in [0.1, 0.15) is 5.82 Å². The number of hydrogen-bond acceptors (Lipinski definition) is 3. The molecule has 2 rings (SSSR count). The Hall–Kier alpha value is -1.62. The number of amides is 1. The van der Waals surface area contributed by atoms with Gasteiger partial charge in [-0.15, -0.1) is 0 Å². The molecule has 1 fully saturated rings. The van der Waals surface area contributed by atoms with Crippen molar-refractivity contribution in [2.45, 2.75) is 6.42 Å². The quantitative estimate of drug-likeness (QED) is 0.712. The first kappa shape index (κ1) is 11.9. The van der Waals surface area contributed by atoms with Gasteiger partial charge in [-0.2, -0.15) is 0 Å². The van der Waals surface area contributed by atoms with E-state index in [1.807, 2.05) is 0 Å². The van der Waals surface area contributed by atoms with E-state index in [4.69, 9.17) is 5.73 Å². The van der Waals surface area contributed by atoms with Crippen LogP contribution in [0.15, 0.2) is 18.2 Å². The highest BCUT2D eigenvalue weighted by Gasteiger charge is 2.17. The summed E-state index contributed by atoms with van der Waals surface area (Å²) in [5, 5.41) is 3.23. The summed E-state index contributed by atoms with van der Waals surface area (Å²) in [6.07, 6.45) is 0.933. The lowest BCUT2D eigenvalue weighted by Gasteiger charge is -2.20. The smallest absolute Gasteiger partial charge is 0.253 e. The van der Waals surface area contributed by atoms with E-state index in [2.05, 4.69) is 5.32 Å². The van der Waals surface area contributed by atoms with Crippen molar-refractivity contribution in [2.24, 2.45) is 0 Å². The van der Waals surface area contributed by atoms with E-state index in [1.54, 1.807) is 4.90 Å². The van der Waals surface area contributed by atoms with Gasteiger partial charge >= 0.3 is 0 Å². The Morgan fingerprint density at radius 1 is 1.35 bits per heavy atom. The number of rotatable bonds is 1. The molecule has 1 aliphatic rings. The lowest BCUT2D eigenvalue weighted by Crippen LogP contribution is -2.34. The van der Waals surface area contributed by atoms with E-state index < -0.39 is 5.82 Å². The van der Waals surface area contributed by atoms with Crippen LogP contribution in [0.25, 0.3) is 0 Å². The Morgan fingerprint density at radius 2 is 2.18 bits per heavy atom. The van der Waals surface area contributed by atoms with Gasteiger partial charge in [0.15, 0.2) is 0 Å². The van der Waals surface area contributed by atoms with Crippen LogP contribution in [0.3, 0.4) is 0 Å². The number of anilines is 1. The molecule has 3 N–H and O–H groups in total. The minimum Gasteiger partial charge on any atom is -0.396 e. The van der Waals surface area contributed by atoms with Crippen LogP contribution in [0.2, 0.25) is 0 Å². The number of nitrogens with zero attached hydrogens (tertiary/aromatic N) is 1. The molecule has 92 valence electrons. The Kier molecular flexibility index (Phi) is 3.58. The van der Waals surface area contributed by atoms with E-state index in [0.717, 1.165) is 26.1 Å². The van der Waals surface area contributed by atoms with Crippen molar-refractivity contribution in [3.63, 3.8) is 0 Å². The summed E-state index contributed by atoms with van der Waals surface area (Å²) in [5.41, 5.74) is 5.93. The second-order valence-corrected chi connectivity index (χ2v) is 4.13. The van der Waals surface area contributed by atoms with Crippen molar-refractivity contribution < 1.29 is 9.18 Å². The molecule has 5 heteroatoms. The van der Waals surface area contributed by atoms with Gasteiger partial charge in [-0.3, -0.25) is 4.79 Å². The molecule has 1 aromatic carbocycles. The monoisotopic (exact) mass is 237 g/mol. The lowest BCUT2D eigenvalue weighted by molar-refractivity contribution is 0.0766. The summed E-state index contributed by atoms with van der Waals surface area (Å²) in [5.74, 6) is -0.570. The third-order valence-electron chi connectivity index (χ3n) is 2.87. The average Bonchev–Trinajstić information content (AvgIpc) is 2.60. The third kappa shape index (κ3) is 2.74. The summed E-state index contributed by atoms with van der Waals surface area (Å²) in [7, 11) is 0. The molecule has 0 bridgehead atoms. The topological polar surface area (TPSA) is 58.4 Å². The van der Waals surface area contributed by atoms with E-state index in [1.165, 1.54) is 18.2 Å². The highest BCUT2D eigenvalue weighted by Crippen LogP contribution is 2.14. The first-order chi connectivity index (χ1) is 8.18. The number of nitrogen functional groups attached to an aromatic ring is 1. The molecule has 1 aromatic rings.